The Labute approximate surface area is 108 Å². The lowest BCUT2D eigenvalue weighted by Crippen LogP contribution is -2.19. The Kier molecular flexibility index (Phi) is 6.16. The van der Waals surface area contributed by atoms with Crippen LogP contribution in [0.2, 0.25) is 0 Å². The zero-order valence-electron chi connectivity index (χ0n) is 10.9. The standard InChI is InChI=1S/C14H19FN2O/c1-3-18-14-7-6-12(10-13(14)15)11-17(2)9-5-4-8-16/h6-7,10H,3-5,9,11H2,1-2H3. The first-order valence-corrected chi connectivity index (χ1v) is 6.14. The molecular weight excluding hydrogens is 231 g/mol. The third kappa shape index (κ3) is 4.72. The number of benzene rings is 1. The summed E-state index contributed by atoms with van der Waals surface area (Å²) >= 11 is 0. The SMILES string of the molecule is CCOc1ccc(CN(C)CCCC#N)cc1F. The fourth-order valence-electron chi connectivity index (χ4n) is 1.73. The summed E-state index contributed by atoms with van der Waals surface area (Å²) in [6.07, 6.45) is 1.40. The Morgan fingerprint density at radius 3 is 2.83 bits per heavy atom. The van der Waals surface area contributed by atoms with Crippen LogP contribution in [0.4, 0.5) is 4.39 Å². The number of halogens is 1. The van der Waals surface area contributed by atoms with Crippen molar-refractivity contribution in [1.82, 2.24) is 4.90 Å². The predicted octanol–water partition coefficient (Wildman–Crippen LogP) is 2.96. The van der Waals surface area contributed by atoms with E-state index in [1.54, 1.807) is 6.07 Å². The smallest absolute Gasteiger partial charge is 0.165 e. The molecule has 1 aromatic carbocycles. The van der Waals surface area contributed by atoms with Gasteiger partial charge in [-0.3, -0.25) is 0 Å². The highest BCUT2D eigenvalue weighted by molar-refractivity contribution is 5.29. The minimum Gasteiger partial charge on any atom is -0.491 e. The maximum absolute atomic E-state index is 13.6. The molecule has 0 aliphatic carbocycles. The number of nitrogens with zero attached hydrogens (tertiary/aromatic N) is 2. The van der Waals surface area contributed by atoms with Crippen molar-refractivity contribution < 1.29 is 9.13 Å². The predicted molar refractivity (Wildman–Crippen MR) is 68.8 cm³/mol. The van der Waals surface area contributed by atoms with Crippen molar-refractivity contribution in [2.75, 3.05) is 20.2 Å². The van der Waals surface area contributed by atoms with Crippen LogP contribution in [0.15, 0.2) is 18.2 Å². The van der Waals surface area contributed by atoms with Crippen LogP contribution in [0.25, 0.3) is 0 Å². The summed E-state index contributed by atoms with van der Waals surface area (Å²) in [4.78, 5) is 2.08. The Balaban J connectivity index is 2.52. The number of nitriles is 1. The lowest BCUT2D eigenvalue weighted by atomic mass is 10.2. The molecule has 98 valence electrons. The molecule has 1 aromatic rings. The molecule has 1 rings (SSSR count). The minimum absolute atomic E-state index is 0.299. The number of ether oxygens (including phenoxy) is 1. The Hall–Kier alpha value is -1.60. The average Bonchev–Trinajstić information content (AvgIpc) is 2.33. The third-order valence-electron chi connectivity index (χ3n) is 2.58. The van der Waals surface area contributed by atoms with Crippen LogP contribution in [0.1, 0.15) is 25.3 Å². The normalized spacial score (nSPS) is 10.4. The van der Waals surface area contributed by atoms with E-state index in [0.717, 1.165) is 18.5 Å². The van der Waals surface area contributed by atoms with E-state index >= 15 is 0 Å². The van der Waals surface area contributed by atoms with Gasteiger partial charge in [-0.1, -0.05) is 6.07 Å². The molecule has 0 heterocycles. The van der Waals surface area contributed by atoms with Crippen molar-refractivity contribution in [1.29, 1.82) is 5.26 Å². The summed E-state index contributed by atoms with van der Waals surface area (Å²) in [6.45, 7) is 3.80. The van der Waals surface area contributed by atoms with Gasteiger partial charge < -0.3 is 9.64 Å². The highest BCUT2D eigenvalue weighted by Gasteiger charge is 2.06. The molecule has 0 N–H and O–H groups in total. The minimum atomic E-state index is -0.320. The molecule has 18 heavy (non-hydrogen) atoms. The van der Waals surface area contributed by atoms with E-state index < -0.39 is 0 Å². The van der Waals surface area contributed by atoms with Crippen LogP contribution in [0.3, 0.4) is 0 Å². The molecule has 0 aliphatic heterocycles. The summed E-state index contributed by atoms with van der Waals surface area (Å²) in [5.74, 6) is -0.0202. The maximum Gasteiger partial charge on any atom is 0.165 e. The van der Waals surface area contributed by atoms with Crippen LogP contribution in [0.5, 0.6) is 5.75 Å². The van der Waals surface area contributed by atoms with E-state index in [0.29, 0.717) is 25.3 Å². The van der Waals surface area contributed by atoms with Crippen molar-refractivity contribution in [2.45, 2.75) is 26.3 Å². The quantitative estimate of drug-likeness (QED) is 0.698. The molecule has 0 radical (unpaired) electrons. The summed E-state index contributed by atoms with van der Waals surface area (Å²) < 4.78 is 18.8. The monoisotopic (exact) mass is 250 g/mol. The molecular formula is C14H19FN2O. The van der Waals surface area contributed by atoms with E-state index in [1.807, 2.05) is 20.0 Å². The molecule has 0 saturated carbocycles. The second-order valence-electron chi connectivity index (χ2n) is 4.20. The van der Waals surface area contributed by atoms with Gasteiger partial charge >= 0.3 is 0 Å². The molecule has 0 fully saturated rings. The van der Waals surface area contributed by atoms with E-state index in [-0.39, 0.29) is 5.82 Å². The summed E-state index contributed by atoms with van der Waals surface area (Å²) in [6, 6.07) is 7.15. The van der Waals surface area contributed by atoms with Crippen molar-refractivity contribution >= 4 is 0 Å². The molecule has 0 bridgehead atoms. The molecule has 0 amide bonds. The van der Waals surface area contributed by atoms with Gasteiger partial charge in [0.1, 0.15) is 0 Å². The molecule has 0 aromatic heterocycles. The molecule has 0 unspecified atom stereocenters. The lowest BCUT2D eigenvalue weighted by Gasteiger charge is -2.16. The number of hydrogen-bond donors (Lipinski definition) is 0. The number of rotatable bonds is 7. The van der Waals surface area contributed by atoms with Gasteiger partial charge in [0, 0.05) is 13.0 Å². The van der Waals surface area contributed by atoms with E-state index in [1.165, 1.54) is 6.07 Å². The molecule has 0 spiro atoms. The summed E-state index contributed by atoms with van der Waals surface area (Å²) in [7, 11) is 1.96. The van der Waals surface area contributed by atoms with Gasteiger partial charge in [0.15, 0.2) is 11.6 Å². The maximum atomic E-state index is 13.6. The van der Waals surface area contributed by atoms with Crippen molar-refractivity contribution in [3.8, 4) is 11.8 Å². The number of hydrogen-bond acceptors (Lipinski definition) is 3. The van der Waals surface area contributed by atoms with Gasteiger partial charge in [-0.15, -0.1) is 0 Å². The fraction of sp³-hybridized carbons (Fsp3) is 0.500. The van der Waals surface area contributed by atoms with Crippen LogP contribution >= 0.6 is 0 Å². The van der Waals surface area contributed by atoms with Crippen molar-refractivity contribution in [2.24, 2.45) is 0 Å². The lowest BCUT2D eigenvalue weighted by molar-refractivity contribution is 0.314. The Morgan fingerprint density at radius 2 is 2.22 bits per heavy atom. The number of unbranched alkanes of at least 4 members (excludes halogenated alkanes) is 1. The van der Waals surface area contributed by atoms with Gasteiger partial charge in [0.2, 0.25) is 0 Å². The first kappa shape index (κ1) is 14.5. The van der Waals surface area contributed by atoms with Gasteiger partial charge in [-0.2, -0.15) is 5.26 Å². The topological polar surface area (TPSA) is 36.3 Å². The zero-order valence-corrected chi connectivity index (χ0v) is 10.9. The van der Waals surface area contributed by atoms with Crippen LogP contribution in [0, 0.1) is 17.1 Å². The van der Waals surface area contributed by atoms with Crippen LogP contribution in [-0.4, -0.2) is 25.1 Å². The molecule has 4 heteroatoms. The Bertz CT molecular complexity index is 415. The molecule has 3 nitrogen and oxygen atoms in total. The average molecular weight is 250 g/mol. The molecule has 0 aliphatic rings. The fourth-order valence-corrected chi connectivity index (χ4v) is 1.73. The summed E-state index contributed by atoms with van der Waals surface area (Å²) in [5, 5.41) is 8.45. The first-order chi connectivity index (χ1) is 8.67. The Morgan fingerprint density at radius 1 is 1.44 bits per heavy atom. The zero-order chi connectivity index (χ0) is 13.4. The first-order valence-electron chi connectivity index (χ1n) is 6.14. The van der Waals surface area contributed by atoms with Gasteiger partial charge in [0.25, 0.3) is 0 Å². The van der Waals surface area contributed by atoms with E-state index in [2.05, 4.69) is 11.0 Å². The molecule has 0 saturated heterocycles. The van der Waals surface area contributed by atoms with Gasteiger partial charge in [-0.05, 0) is 44.6 Å². The van der Waals surface area contributed by atoms with Crippen molar-refractivity contribution in [3.05, 3.63) is 29.6 Å². The highest BCUT2D eigenvalue weighted by Crippen LogP contribution is 2.19. The molecule has 0 atom stereocenters. The summed E-state index contributed by atoms with van der Waals surface area (Å²) in [5.41, 5.74) is 0.912. The highest BCUT2D eigenvalue weighted by atomic mass is 19.1. The largest absolute Gasteiger partial charge is 0.491 e. The third-order valence-corrected chi connectivity index (χ3v) is 2.58. The van der Waals surface area contributed by atoms with Crippen LogP contribution < -0.4 is 4.74 Å². The van der Waals surface area contributed by atoms with Gasteiger partial charge in [0.05, 0.1) is 12.7 Å². The van der Waals surface area contributed by atoms with E-state index in [9.17, 15) is 4.39 Å². The van der Waals surface area contributed by atoms with E-state index in [4.69, 9.17) is 10.00 Å². The van der Waals surface area contributed by atoms with Crippen LogP contribution in [-0.2, 0) is 6.54 Å². The second-order valence-corrected chi connectivity index (χ2v) is 4.20. The van der Waals surface area contributed by atoms with Gasteiger partial charge in [-0.25, -0.2) is 4.39 Å². The van der Waals surface area contributed by atoms with Crippen molar-refractivity contribution in [3.63, 3.8) is 0 Å². The second kappa shape index (κ2) is 7.67.